The van der Waals surface area contributed by atoms with E-state index < -0.39 is 0 Å². The van der Waals surface area contributed by atoms with E-state index in [0.29, 0.717) is 12.1 Å². The number of hydrogen-bond acceptors (Lipinski definition) is 4. The Morgan fingerprint density at radius 2 is 1.70 bits per heavy atom. The van der Waals surface area contributed by atoms with Gasteiger partial charge in [-0.15, -0.1) is 0 Å². The van der Waals surface area contributed by atoms with Gasteiger partial charge < -0.3 is 10.0 Å². The van der Waals surface area contributed by atoms with Crippen LogP contribution in [0.2, 0.25) is 0 Å². The van der Waals surface area contributed by atoms with E-state index in [2.05, 4.69) is 0 Å². The molecule has 1 aromatic carbocycles. The van der Waals surface area contributed by atoms with Crippen molar-refractivity contribution in [1.29, 1.82) is 0 Å². The van der Waals surface area contributed by atoms with E-state index in [0.717, 1.165) is 6.42 Å². The molecule has 0 aromatic heterocycles. The fourth-order valence-corrected chi connectivity index (χ4v) is 1.80. The first kappa shape index (κ1) is 16.2. The van der Waals surface area contributed by atoms with Crippen molar-refractivity contribution < 1.29 is 14.7 Å². The van der Waals surface area contributed by atoms with Crippen LogP contribution >= 0.6 is 0 Å². The van der Waals surface area contributed by atoms with Gasteiger partial charge in [-0.1, -0.05) is 6.92 Å². The molecule has 1 aromatic rings. The largest absolute Gasteiger partial charge is 0.508 e. The van der Waals surface area contributed by atoms with E-state index in [1.54, 1.807) is 26.2 Å². The maximum absolute atomic E-state index is 12.1. The number of phenols is 1. The summed E-state index contributed by atoms with van der Waals surface area (Å²) in [6.45, 7) is 3.16. The van der Waals surface area contributed by atoms with Crippen molar-refractivity contribution >= 4 is 11.7 Å². The van der Waals surface area contributed by atoms with E-state index in [1.807, 2.05) is 11.8 Å². The predicted octanol–water partition coefficient (Wildman–Crippen LogP) is 1.38. The number of Topliss-reactive ketones (excluding diaryl/α,β-unsaturated/α-hetero) is 1. The molecule has 1 amide bonds. The molecule has 1 rings (SSSR count). The van der Waals surface area contributed by atoms with E-state index in [1.165, 1.54) is 17.0 Å². The molecule has 0 aliphatic heterocycles. The molecule has 0 atom stereocenters. The first-order valence-electron chi connectivity index (χ1n) is 6.68. The molecule has 20 heavy (non-hydrogen) atoms. The third-order valence-electron chi connectivity index (χ3n) is 2.95. The number of amides is 1. The van der Waals surface area contributed by atoms with Gasteiger partial charge >= 0.3 is 0 Å². The number of carbonyl (C=O) groups excluding carboxylic acids is 2. The summed E-state index contributed by atoms with van der Waals surface area (Å²) in [5, 5.41) is 9.21. The van der Waals surface area contributed by atoms with Crippen LogP contribution in [0, 0.1) is 0 Å². The summed E-state index contributed by atoms with van der Waals surface area (Å²) in [6, 6.07) is 6.16. The number of benzene rings is 1. The van der Waals surface area contributed by atoms with Gasteiger partial charge in [-0.05, 0) is 37.2 Å². The second-order valence-electron chi connectivity index (χ2n) is 4.97. The highest BCUT2D eigenvalue weighted by Gasteiger charge is 2.16. The summed E-state index contributed by atoms with van der Waals surface area (Å²) in [7, 11) is 3.41. The number of phenolic OH excluding ortho intramolecular Hbond substituents is 1. The smallest absolute Gasteiger partial charge is 0.236 e. The quantitative estimate of drug-likeness (QED) is 0.765. The molecular formula is C15H22N2O3. The van der Waals surface area contributed by atoms with Gasteiger partial charge in [-0.3, -0.25) is 14.5 Å². The zero-order valence-corrected chi connectivity index (χ0v) is 12.3. The van der Waals surface area contributed by atoms with Gasteiger partial charge in [-0.2, -0.15) is 0 Å². The Bertz CT molecular complexity index is 455. The molecule has 5 nitrogen and oxygen atoms in total. The lowest BCUT2D eigenvalue weighted by Gasteiger charge is -2.22. The van der Waals surface area contributed by atoms with E-state index in [4.69, 9.17) is 0 Å². The number of aromatic hydroxyl groups is 1. The Morgan fingerprint density at radius 1 is 1.10 bits per heavy atom. The molecule has 0 saturated heterocycles. The Balaban J connectivity index is 2.67. The van der Waals surface area contributed by atoms with Gasteiger partial charge in [0.15, 0.2) is 5.78 Å². The molecule has 1 N–H and O–H groups in total. The molecule has 0 aliphatic rings. The average molecular weight is 278 g/mol. The third kappa shape index (κ3) is 5.01. The average Bonchev–Trinajstić information content (AvgIpc) is 2.39. The maximum Gasteiger partial charge on any atom is 0.236 e. The van der Waals surface area contributed by atoms with E-state index in [9.17, 15) is 14.7 Å². The number of carbonyl (C=O) groups is 2. The fraction of sp³-hybridized carbons (Fsp3) is 0.467. The highest BCUT2D eigenvalue weighted by Crippen LogP contribution is 2.10. The van der Waals surface area contributed by atoms with Crippen molar-refractivity contribution in [3.05, 3.63) is 29.8 Å². The molecule has 110 valence electrons. The molecule has 0 fully saturated rings. The SMILES string of the molecule is CCCN(CC(=O)c1ccc(O)cc1)CC(=O)N(C)C. The van der Waals surface area contributed by atoms with Crippen molar-refractivity contribution in [3.8, 4) is 5.75 Å². The van der Waals surface area contributed by atoms with Crippen molar-refractivity contribution in [3.63, 3.8) is 0 Å². The highest BCUT2D eigenvalue weighted by molar-refractivity contribution is 5.98. The monoisotopic (exact) mass is 278 g/mol. The van der Waals surface area contributed by atoms with Crippen LogP contribution in [0.3, 0.4) is 0 Å². The lowest BCUT2D eigenvalue weighted by atomic mass is 10.1. The summed E-state index contributed by atoms with van der Waals surface area (Å²) in [6.07, 6.45) is 0.879. The lowest BCUT2D eigenvalue weighted by molar-refractivity contribution is -0.129. The van der Waals surface area contributed by atoms with Crippen molar-refractivity contribution in [2.45, 2.75) is 13.3 Å². The van der Waals surface area contributed by atoms with Crippen LogP contribution in [0.15, 0.2) is 24.3 Å². The van der Waals surface area contributed by atoms with Gasteiger partial charge in [0.2, 0.25) is 5.91 Å². The van der Waals surface area contributed by atoms with Gasteiger partial charge in [0, 0.05) is 19.7 Å². The van der Waals surface area contributed by atoms with Crippen molar-refractivity contribution in [2.24, 2.45) is 0 Å². The zero-order chi connectivity index (χ0) is 15.1. The summed E-state index contributed by atoms with van der Waals surface area (Å²) in [5.41, 5.74) is 0.543. The predicted molar refractivity (Wildman–Crippen MR) is 77.9 cm³/mol. The molecule has 0 unspecified atom stereocenters. The Morgan fingerprint density at radius 3 is 2.20 bits per heavy atom. The minimum atomic E-state index is -0.0509. The molecule has 0 heterocycles. The first-order valence-corrected chi connectivity index (χ1v) is 6.68. The van der Waals surface area contributed by atoms with E-state index in [-0.39, 0.29) is 30.5 Å². The number of likely N-dealkylation sites (N-methyl/N-ethyl adjacent to an activating group) is 1. The van der Waals surface area contributed by atoms with Crippen molar-refractivity contribution in [1.82, 2.24) is 9.80 Å². The minimum absolute atomic E-state index is 0.0167. The highest BCUT2D eigenvalue weighted by atomic mass is 16.3. The van der Waals surface area contributed by atoms with Crippen LogP contribution in [-0.4, -0.2) is 60.3 Å². The van der Waals surface area contributed by atoms with Crippen LogP contribution < -0.4 is 0 Å². The van der Waals surface area contributed by atoms with Crippen LogP contribution in [-0.2, 0) is 4.79 Å². The standard InChI is InChI=1S/C15H22N2O3/c1-4-9-17(11-15(20)16(2)3)10-14(19)12-5-7-13(18)8-6-12/h5-8,18H,4,9-11H2,1-3H3. The summed E-state index contributed by atoms with van der Waals surface area (Å²) in [5.74, 6) is 0.0664. The molecule has 0 spiro atoms. The zero-order valence-electron chi connectivity index (χ0n) is 12.3. The normalized spacial score (nSPS) is 10.6. The number of rotatable bonds is 7. The molecule has 5 heteroatoms. The summed E-state index contributed by atoms with van der Waals surface area (Å²) >= 11 is 0. The van der Waals surface area contributed by atoms with Crippen LogP contribution in [0.1, 0.15) is 23.7 Å². The summed E-state index contributed by atoms with van der Waals surface area (Å²) in [4.78, 5) is 27.2. The second-order valence-corrected chi connectivity index (χ2v) is 4.97. The van der Waals surface area contributed by atoms with Gasteiger partial charge in [0.25, 0.3) is 0 Å². The molecule has 0 saturated carbocycles. The Hall–Kier alpha value is -1.88. The topological polar surface area (TPSA) is 60.9 Å². The molecule has 0 radical (unpaired) electrons. The number of hydrogen-bond donors (Lipinski definition) is 1. The van der Waals surface area contributed by atoms with Gasteiger partial charge in [-0.25, -0.2) is 0 Å². The Kier molecular flexibility index (Phi) is 6.18. The van der Waals surface area contributed by atoms with Crippen LogP contribution in [0.4, 0.5) is 0 Å². The lowest BCUT2D eigenvalue weighted by Crippen LogP contribution is -2.39. The fourth-order valence-electron chi connectivity index (χ4n) is 1.80. The maximum atomic E-state index is 12.1. The molecular weight excluding hydrogens is 256 g/mol. The van der Waals surface area contributed by atoms with E-state index >= 15 is 0 Å². The van der Waals surface area contributed by atoms with Gasteiger partial charge in [0.1, 0.15) is 5.75 Å². The number of nitrogens with zero attached hydrogens (tertiary/aromatic N) is 2. The first-order chi connectivity index (χ1) is 9.43. The number of ketones is 1. The Labute approximate surface area is 119 Å². The van der Waals surface area contributed by atoms with Crippen molar-refractivity contribution in [2.75, 3.05) is 33.7 Å². The third-order valence-corrected chi connectivity index (χ3v) is 2.95. The van der Waals surface area contributed by atoms with Crippen LogP contribution in [0.5, 0.6) is 5.75 Å². The minimum Gasteiger partial charge on any atom is -0.508 e. The second kappa shape index (κ2) is 7.65. The van der Waals surface area contributed by atoms with Gasteiger partial charge in [0.05, 0.1) is 13.1 Å². The molecule has 0 bridgehead atoms. The van der Waals surface area contributed by atoms with Crippen LogP contribution in [0.25, 0.3) is 0 Å². The summed E-state index contributed by atoms with van der Waals surface area (Å²) < 4.78 is 0. The molecule has 0 aliphatic carbocycles.